The van der Waals surface area contributed by atoms with Crippen LogP contribution in [-0.2, 0) is 27.4 Å². The van der Waals surface area contributed by atoms with Crippen molar-refractivity contribution in [3.63, 3.8) is 0 Å². The maximum atomic E-state index is 11.4. The Morgan fingerprint density at radius 1 is 0.467 bits per heavy atom. The molecule has 1 atom stereocenters. The summed E-state index contributed by atoms with van der Waals surface area (Å²) in [5, 5.41) is 0. The van der Waals surface area contributed by atoms with Crippen LogP contribution in [0.2, 0.25) is 0 Å². The van der Waals surface area contributed by atoms with Crippen LogP contribution in [0.1, 0.15) is 0 Å². The van der Waals surface area contributed by atoms with E-state index in [2.05, 4.69) is 0 Å². The molecule has 0 aromatic heterocycles. The molecule has 1 unspecified atom stereocenters. The average molecular weight is 583 g/mol. The molecule has 0 rings (SSSR count). The molecule has 30 heavy (non-hydrogen) atoms. The molecule has 0 fully saturated rings. The van der Waals surface area contributed by atoms with Crippen molar-refractivity contribution in [2.24, 2.45) is 0 Å². The van der Waals surface area contributed by atoms with Crippen molar-refractivity contribution in [1.29, 1.82) is 0 Å². The minimum Gasteiger partial charge on any atom is -0.809 e. The van der Waals surface area contributed by atoms with E-state index in [1.807, 2.05) is 0 Å². The van der Waals surface area contributed by atoms with Gasteiger partial charge in [0.2, 0.25) is 11.0 Å². The molecule has 0 aliphatic rings. The first kappa shape index (κ1) is 37.4. The van der Waals surface area contributed by atoms with Crippen LogP contribution in [-0.4, -0.2) is 70.4 Å². The van der Waals surface area contributed by atoms with E-state index in [1.165, 1.54) is 0 Å². The zero-order valence-corrected chi connectivity index (χ0v) is 24.0. The van der Waals surface area contributed by atoms with Gasteiger partial charge in [-0.2, -0.15) is 0 Å². The Balaban J connectivity index is -0.00000364. The van der Waals surface area contributed by atoms with E-state index in [4.69, 9.17) is 48.9 Å². The zero-order chi connectivity index (χ0) is 23.3. The van der Waals surface area contributed by atoms with Crippen LogP contribution in [0, 0.1) is 0 Å². The molecule has 0 saturated heterocycles. The van der Waals surface area contributed by atoms with Crippen LogP contribution in [0.3, 0.4) is 0 Å². The van der Waals surface area contributed by atoms with Gasteiger partial charge in [0.1, 0.15) is 5.52 Å². The maximum absolute atomic E-state index is 11.4. The molecule has 0 spiro atoms. The van der Waals surface area contributed by atoms with E-state index >= 15 is 0 Å². The topological polar surface area (TPSA) is 354 Å². The van der Waals surface area contributed by atoms with Gasteiger partial charge in [-0.15, -0.1) is 0 Å². The summed E-state index contributed by atoms with van der Waals surface area (Å²) in [6, 6.07) is 0. The zero-order valence-electron chi connectivity index (χ0n) is 14.6. The molecule has 0 aliphatic carbocycles. The van der Waals surface area contributed by atoms with E-state index in [9.17, 15) is 37.2 Å². The second-order valence-corrected chi connectivity index (χ2v) is 16.1. The SMILES string of the molecule is O=P([O-])([O-])C(N(C(P(=O)(O)O)P(=O)(O)O)C(P(=O)(O)O)P(=O)(O)O)P(=O)(O)O.[Na+].[Na+]. The Bertz CT molecular complexity index is 686. The van der Waals surface area contributed by atoms with Crippen LogP contribution in [0.25, 0.3) is 0 Å². The number of hydrogen-bond acceptors (Lipinski definition) is 9. The molecule has 0 aromatic carbocycles. The first-order valence-corrected chi connectivity index (χ1v) is 15.8. The molecular formula is C3H13NNa2O18P6. The Kier molecular flexibility index (Phi) is 14.6. The average Bonchev–Trinajstić information content (AvgIpc) is 2.13. The van der Waals surface area contributed by atoms with E-state index in [0.29, 0.717) is 0 Å². The first-order chi connectivity index (χ1) is 11.7. The molecule has 0 radical (unpaired) electrons. The van der Waals surface area contributed by atoms with E-state index in [0.717, 1.165) is 0 Å². The Morgan fingerprint density at radius 3 is 0.733 bits per heavy atom. The molecule has 0 amide bonds. The number of rotatable bonds is 9. The van der Waals surface area contributed by atoms with Gasteiger partial charge in [0.15, 0.2) is 0 Å². The molecule has 0 saturated carbocycles. The van der Waals surface area contributed by atoms with Gasteiger partial charge in [-0.3, -0.25) is 22.8 Å². The molecule has 0 aliphatic heterocycles. The summed E-state index contributed by atoms with van der Waals surface area (Å²) in [6.45, 7) is 0. The summed E-state index contributed by atoms with van der Waals surface area (Å²) in [4.78, 5) is 111. The van der Waals surface area contributed by atoms with Gasteiger partial charge in [0.05, 0.1) is 0 Å². The fourth-order valence-electron chi connectivity index (χ4n) is 1.97. The molecular weight excluding hydrogens is 570 g/mol. The minimum absolute atomic E-state index is 0. The molecule has 19 nitrogen and oxygen atoms in total. The van der Waals surface area contributed by atoms with E-state index in [-0.39, 0.29) is 59.1 Å². The van der Waals surface area contributed by atoms with Crippen LogP contribution in [0.5, 0.6) is 0 Å². The van der Waals surface area contributed by atoms with E-state index in [1.54, 1.807) is 0 Å². The molecule has 0 heterocycles. The molecule has 0 bridgehead atoms. The number of nitrogens with zero attached hydrogens (tertiary/aromatic N) is 1. The van der Waals surface area contributed by atoms with Crippen molar-refractivity contribution in [3.8, 4) is 0 Å². The van der Waals surface area contributed by atoms with Crippen LogP contribution < -0.4 is 68.9 Å². The fourth-order valence-corrected chi connectivity index (χ4v) is 11.5. The monoisotopic (exact) mass is 583 g/mol. The second-order valence-electron chi connectivity index (χ2n) is 4.97. The largest absolute Gasteiger partial charge is 1.00 e. The Hall–Kier alpha value is 2.86. The van der Waals surface area contributed by atoms with Gasteiger partial charge in [-0.1, -0.05) is 0 Å². The predicted octanol–water partition coefficient (Wildman–Crippen LogP) is -10.1. The van der Waals surface area contributed by atoms with Gasteiger partial charge in [0, 0.05) is 0 Å². The summed E-state index contributed by atoms with van der Waals surface area (Å²) >= 11 is 0. The Labute approximate surface area is 210 Å². The van der Waals surface area contributed by atoms with Gasteiger partial charge >= 0.3 is 97.1 Å². The minimum atomic E-state index is -7.05. The molecule has 10 N–H and O–H groups in total. The van der Waals surface area contributed by atoms with Crippen LogP contribution >= 0.6 is 45.6 Å². The van der Waals surface area contributed by atoms with Gasteiger partial charge in [-0.25, -0.2) is 4.90 Å². The second kappa shape index (κ2) is 11.7. The summed E-state index contributed by atoms with van der Waals surface area (Å²) in [5.41, 5.74) is -12.9. The first-order valence-electron chi connectivity index (χ1n) is 5.78. The van der Waals surface area contributed by atoms with Crippen molar-refractivity contribution in [1.82, 2.24) is 4.90 Å². The molecule has 27 heteroatoms. The quantitative estimate of drug-likeness (QED) is 0.0889. The fraction of sp³-hybridized carbons (Fsp3) is 1.00. The van der Waals surface area contributed by atoms with Crippen molar-refractivity contribution in [2.45, 2.75) is 16.6 Å². The number of hydrogen-bond donors (Lipinski definition) is 10. The third kappa shape index (κ3) is 10.6. The smallest absolute Gasteiger partial charge is 0.809 e. The third-order valence-electron chi connectivity index (χ3n) is 2.59. The van der Waals surface area contributed by atoms with Gasteiger partial charge in [-0.05, 0) is 7.60 Å². The Morgan fingerprint density at radius 2 is 0.633 bits per heavy atom. The van der Waals surface area contributed by atoms with Gasteiger partial charge in [0.25, 0.3) is 0 Å². The summed E-state index contributed by atoms with van der Waals surface area (Å²) in [6.07, 6.45) is 0. The summed E-state index contributed by atoms with van der Waals surface area (Å²) in [7, 11) is -40.1. The molecule has 0 aromatic rings. The summed E-state index contributed by atoms with van der Waals surface area (Å²) < 4.78 is 68.4. The van der Waals surface area contributed by atoms with Crippen LogP contribution in [0.4, 0.5) is 0 Å². The summed E-state index contributed by atoms with van der Waals surface area (Å²) in [5.74, 6) is 0. The maximum Gasteiger partial charge on any atom is 1.00 e. The standard InChI is InChI=1S/C3H15NO18P6.2Na/c5-23(6,7)1(24(8,9)10)4(2(25(11,12)13)26(14,15)16)3(27(17,18)19)28(20,21)22;;/h1-3H,(H2,5,6,7)(H2,8,9,10)(H2,11,12,13)(H2,14,15,16)(H2,17,18,19)(H2,20,21,22);;/q;2*+1/p-2. The van der Waals surface area contributed by atoms with Crippen molar-refractivity contribution in [2.75, 3.05) is 0 Å². The van der Waals surface area contributed by atoms with Crippen molar-refractivity contribution < 1.29 is 145 Å². The molecule has 170 valence electrons. The predicted molar refractivity (Wildman–Crippen MR) is 81.0 cm³/mol. The van der Waals surface area contributed by atoms with Crippen molar-refractivity contribution in [3.05, 3.63) is 0 Å². The third-order valence-corrected chi connectivity index (χ3v) is 13.1. The van der Waals surface area contributed by atoms with E-state index < -0.39 is 67.0 Å². The van der Waals surface area contributed by atoms with Gasteiger partial charge < -0.3 is 63.3 Å². The van der Waals surface area contributed by atoms with Crippen LogP contribution in [0.15, 0.2) is 0 Å². The van der Waals surface area contributed by atoms with Crippen molar-refractivity contribution >= 4 is 45.6 Å². The normalized spacial score (nSPS) is 15.7.